The van der Waals surface area contributed by atoms with Gasteiger partial charge in [0.2, 0.25) is 0 Å². The van der Waals surface area contributed by atoms with Gasteiger partial charge in [0.15, 0.2) is 5.50 Å². The van der Waals surface area contributed by atoms with Gasteiger partial charge in [-0.3, -0.25) is 15.3 Å². The van der Waals surface area contributed by atoms with Crippen LogP contribution >= 0.6 is 23.1 Å². The van der Waals surface area contributed by atoms with Crippen LogP contribution in [0.15, 0.2) is 57.9 Å². The molecule has 1 unspecified atom stereocenters. The van der Waals surface area contributed by atoms with Crippen LogP contribution < -0.4 is 10.2 Å². The molecule has 148 valence electrons. The van der Waals surface area contributed by atoms with Crippen molar-refractivity contribution >= 4 is 52.0 Å². The molecular weight excluding hydrogens is 400 g/mol. The molecule has 5 nitrogen and oxygen atoms in total. The van der Waals surface area contributed by atoms with E-state index in [2.05, 4.69) is 68.0 Å². The third-order valence-corrected chi connectivity index (χ3v) is 6.90. The molecule has 0 aliphatic carbocycles. The molecule has 0 radical (unpaired) electrons. The standard InChI is InChI=1S/C22H22N4OS2/c1-2-17(28-11-1)14-24-22-25-15-18(29-22)12-16-3-4-20-19(13-16)21(5-6-23-20)26-7-9-27-10-8-26/h1-6,11-13,15,22,24H,7-10,14H2/b18-12-. The first-order valence-corrected chi connectivity index (χ1v) is 11.5. The molecule has 5 rings (SSSR count). The van der Waals surface area contributed by atoms with Crippen LogP contribution in [0.25, 0.3) is 17.0 Å². The van der Waals surface area contributed by atoms with Crippen molar-refractivity contribution in [1.29, 1.82) is 0 Å². The predicted molar refractivity (Wildman–Crippen MR) is 124 cm³/mol. The number of aromatic nitrogens is 1. The summed E-state index contributed by atoms with van der Waals surface area (Å²) in [6, 6.07) is 12.8. The van der Waals surface area contributed by atoms with Gasteiger partial charge >= 0.3 is 0 Å². The molecule has 2 aliphatic heterocycles. The van der Waals surface area contributed by atoms with Crippen LogP contribution in [0.1, 0.15) is 10.4 Å². The van der Waals surface area contributed by atoms with E-state index in [0.717, 1.165) is 38.4 Å². The highest BCUT2D eigenvalue weighted by molar-refractivity contribution is 8.04. The maximum Gasteiger partial charge on any atom is 0.151 e. The summed E-state index contributed by atoms with van der Waals surface area (Å²) in [5.41, 5.74) is 3.52. The average Bonchev–Trinajstić information content (AvgIpc) is 3.44. The number of hydrogen-bond donors (Lipinski definition) is 1. The van der Waals surface area contributed by atoms with E-state index in [4.69, 9.17) is 4.74 Å². The Bertz CT molecular complexity index is 1040. The minimum Gasteiger partial charge on any atom is -0.378 e. The number of nitrogens with one attached hydrogen (secondary N) is 1. The Kier molecular flexibility index (Phi) is 5.62. The maximum atomic E-state index is 5.51. The fraction of sp³-hybridized carbons (Fsp3) is 0.273. The van der Waals surface area contributed by atoms with Gasteiger partial charge < -0.3 is 9.64 Å². The van der Waals surface area contributed by atoms with E-state index in [1.807, 2.05) is 12.4 Å². The smallest absolute Gasteiger partial charge is 0.151 e. The highest BCUT2D eigenvalue weighted by Gasteiger charge is 2.16. The normalized spacial score (nSPS) is 20.8. The van der Waals surface area contributed by atoms with Crippen molar-refractivity contribution in [2.75, 3.05) is 31.2 Å². The van der Waals surface area contributed by atoms with Gasteiger partial charge in [0.1, 0.15) is 0 Å². The fourth-order valence-corrected chi connectivity index (χ4v) is 5.11. The molecule has 1 fully saturated rings. The van der Waals surface area contributed by atoms with Gasteiger partial charge in [0.05, 0.1) is 18.7 Å². The summed E-state index contributed by atoms with van der Waals surface area (Å²) in [5.74, 6) is 0. The molecule has 4 heterocycles. The fourth-order valence-electron chi connectivity index (χ4n) is 3.58. The van der Waals surface area contributed by atoms with Crippen molar-refractivity contribution in [3.05, 3.63) is 63.3 Å². The molecule has 0 amide bonds. The van der Waals surface area contributed by atoms with Crippen molar-refractivity contribution in [1.82, 2.24) is 10.3 Å². The minimum atomic E-state index is 0.0781. The predicted octanol–water partition coefficient (Wildman–Crippen LogP) is 4.36. The lowest BCUT2D eigenvalue weighted by Crippen LogP contribution is -2.36. The summed E-state index contributed by atoms with van der Waals surface area (Å²) in [6.07, 6.45) is 6.07. The number of fused-ring (bicyclic) bond motifs is 1. The van der Waals surface area contributed by atoms with Crippen LogP contribution in [0.4, 0.5) is 5.69 Å². The molecule has 0 bridgehead atoms. The zero-order valence-electron chi connectivity index (χ0n) is 16.0. The molecular formula is C22H22N4OS2. The number of nitrogens with zero attached hydrogens (tertiary/aromatic N) is 3. The number of anilines is 1. The first-order chi connectivity index (χ1) is 14.3. The van der Waals surface area contributed by atoms with E-state index in [1.54, 1.807) is 23.1 Å². The quantitative estimate of drug-likeness (QED) is 0.662. The van der Waals surface area contributed by atoms with Gasteiger partial charge in [-0.2, -0.15) is 0 Å². The van der Waals surface area contributed by atoms with E-state index in [9.17, 15) is 0 Å². The molecule has 1 aromatic carbocycles. The van der Waals surface area contributed by atoms with Crippen LogP contribution in [0.2, 0.25) is 0 Å². The second kappa shape index (κ2) is 8.67. The monoisotopic (exact) mass is 422 g/mol. The molecule has 29 heavy (non-hydrogen) atoms. The molecule has 2 aromatic heterocycles. The third kappa shape index (κ3) is 4.38. The summed E-state index contributed by atoms with van der Waals surface area (Å²) in [6.45, 7) is 4.25. The minimum absolute atomic E-state index is 0.0781. The lowest BCUT2D eigenvalue weighted by Gasteiger charge is -2.29. The van der Waals surface area contributed by atoms with E-state index >= 15 is 0 Å². The summed E-state index contributed by atoms with van der Waals surface area (Å²) >= 11 is 3.52. The number of thioether (sulfide) groups is 1. The molecule has 1 atom stereocenters. The Morgan fingerprint density at radius 3 is 3.00 bits per heavy atom. The topological polar surface area (TPSA) is 49.8 Å². The maximum absolute atomic E-state index is 5.51. The van der Waals surface area contributed by atoms with E-state index < -0.39 is 0 Å². The van der Waals surface area contributed by atoms with E-state index in [-0.39, 0.29) is 5.50 Å². The first kappa shape index (κ1) is 18.8. The number of rotatable bonds is 5. The van der Waals surface area contributed by atoms with Gasteiger partial charge in [-0.05, 0) is 41.3 Å². The van der Waals surface area contributed by atoms with E-state index in [0.29, 0.717) is 0 Å². The van der Waals surface area contributed by atoms with Gasteiger partial charge in [0.25, 0.3) is 0 Å². The summed E-state index contributed by atoms with van der Waals surface area (Å²) in [5, 5.41) is 6.78. The Labute approximate surface area is 178 Å². The lowest BCUT2D eigenvalue weighted by molar-refractivity contribution is 0.123. The lowest BCUT2D eigenvalue weighted by atomic mass is 10.1. The number of morpholine rings is 1. The number of thiophene rings is 1. The number of ether oxygens (including phenoxy) is 1. The zero-order valence-corrected chi connectivity index (χ0v) is 17.6. The highest BCUT2D eigenvalue weighted by Crippen LogP contribution is 2.31. The Morgan fingerprint density at radius 1 is 1.21 bits per heavy atom. The van der Waals surface area contributed by atoms with Crippen LogP contribution in [0.5, 0.6) is 0 Å². The highest BCUT2D eigenvalue weighted by atomic mass is 32.2. The molecule has 7 heteroatoms. The van der Waals surface area contributed by atoms with Crippen LogP contribution in [-0.2, 0) is 11.3 Å². The Morgan fingerprint density at radius 2 is 2.14 bits per heavy atom. The molecule has 3 aromatic rings. The SMILES string of the molecule is C1=NC(NCc2cccs2)S/C1=C\c1ccc2nccc(N3CCOCC3)c2c1. The molecule has 2 aliphatic rings. The number of benzene rings is 1. The van der Waals surface area contributed by atoms with Gasteiger partial charge in [-0.25, -0.2) is 0 Å². The van der Waals surface area contributed by atoms with Crippen LogP contribution in [0.3, 0.4) is 0 Å². The Balaban J connectivity index is 1.33. The van der Waals surface area contributed by atoms with Crippen LogP contribution in [0, 0.1) is 0 Å². The van der Waals surface area contributed by atoms with Crippen molar-refractivity contribution in [3.8, 4) is 0 Å². The van der Waals surface area contributed by atoms with Gasteiger partial charge in [-0.15, -0.1) is 11.3 Å². The summed E-state index contributed by atoms with van der Waals surface area (Å²) in [4.78, 5) is 14.0. The molecule has 1 N–H and O–H groups in total. The number of hydrogen-bond acceptors (Lipinski definition) is 7. The van der Waals surface area contributed by atoms with Crippen molar-refractivity contribution < 1.29 is 4.74 Å². The third-order valence-electron chi connectivity index (χ3n) is 5.02. The van der Waals surface area contributed by atoms with Gasteiger partial charge in [0, 0.05) is 52.9 Å². The van der Waals surface area contributed by atoms with Crippen LogP contribution in [-0.4, -0.2) is 43.0 Å². The second-order valence-electron chi connectivity index (χ2n) is 6.96. The number of pyridine rings is 1. The zero-order chi connectivity index (χ0) is 19.5. The summed E-state index contributed by atoms with van der Waals surface area (Å²) < 4.78 is 5.51. The molecule has 1 saturated heterocycles. The van der Waals surface area contributed by atoms with E-state index in [1.165, 1.54) is 26.4 Å². The molecule has 0 saturated carbocycles. The first-order valence-electron chi connectivity index (χ1n) is 9.74. The van der Waals surface area contributed by atoms with Crippen molar-refractivity contribution in [2.45, 2.75) is 12.0 Å². The van der Waals surface area contributed by atoms with Crippen molar-refractivity contribution in [3.63, 3.8) is 0 Å². The second-order valence-corrected chi connectivity index (χ2v) is 9.15. The number of allylic oxidation sites excluding steroid dienone is 1. The average molecular weight is 423 g/mol. The van der Waals surface area contributed by atoms with Crippen molar-refractivity contribution in [2.24, 2.45) is 4.99 Å². The largest absolute Gasteiger partial charge is 0.378 e. The summed E-state index contributed by atoms with van der Waals surface area (Å²) in [7, 11) is 0. The van der Waals surface area contributed by atoms with Gasteiger partial charge in [-0.1, -0.05) is 23.9 Å². The molecule has 0 spiro atoms. The Hall–Kier alpha value is -2.19. The number of aliphatic imine (C=N–C) groups is 1.